The van der Waals surface area contributed by atoms with Gasteiger partial charge in [-0.2, -0.15) is 5.26 Å². The van der Waals surface area contributed by atoms with Crippen LogP contribution in [0.15, 0.2) is 47.4 Å². The fourth-order valence-electron chi connectivity index (χ4n) is 3.46. The number of methoxy groups -OCH3 is 1. The molecule has 0 bridgehead atoms. The van der Waals surface area contributed by atoms with Crippen LogP contribution in [0.4, 0.5) is 0 Å². The zero-order valence-electron chi connectivity index (χ0n) is 15.6. The van der Waals surface area contributed by atoms with Gasteiger partial charge in [0, 0.05) is 12.1 Å². The van der Waals surface area contributed by atoms with Crippen molar-refractivity contribution in [2.75, 3.05) is 26.7 Å². The van der Waals surface area contributed by atoms with Gasteiger partial charge in [-0.3, -0.25) is 4.90 Å². The van der Waals surface area contributed by atoms with Crippen molar-refractivity contribution in [3.8, 4) is 11.8 Å². The maximum absolute atomic E-state index is 12.8. The fourth-order valence-corrected chi connectivity index (χ4v) is 4.68. The van der Waals surface area contributed by atoms with E-state index in [4.69, 9.17) is 21.6 Å². The van der Waals surface area contributed by atoms with Gasteiger partial charge in [0.2, 0.25) is 10.0 Å². The van der Waals surface area contributed by atoms with E-state index in [-0.39, 0.29) is 28.1 Å². The Hall–Kier alpha value is -2.11. The molecule has 1 aliphatic heterocycles. The molecule has 28 heavy (non-hydrogen) atoms. The summed E-state index contributed by atoms with van der Waals surface area (Å²) in [5.74, 6) is 0.733. The molecule has 1 N–H and O–H groups in total. The fraction of sp³-hybridized carbons (Fsp3) is 0.350. The first-order valence-electron chi connectivity index (χ1n) is 9.02. The summed E-state index contributed by atoms with van der Waals surface area (Å²) >= 11 is 5.92. The molecule has 0 aliphatic carbocycles. The van der Waals surface area contributed by atoms with Crippen LogP contribution in [-0.4, -0.2) is 40.1 Å². The van der Waals surface area contributed by atoms with Crippen molar-refractivity contribution < 1.29 is 13.2 Å². The highest BCUT2D eigenvalue weighted by atomic mass is 35.5. The molecular weight excluding hydrogens is 398 g/mol. The quantitative estimate of drug-likeness (QED) is 0.744. The molecule has 0 aromatic heterocycles. The number of likely N-dealkylation sites (tertiary alicyclic amines) is 1. The molecule has 0 amide bonds. The van der Waals surface area contributed by atoms with Crippen LogP contribution in [0.2, 0.25) is 5.02 Å². The summed E-state index contributed by atoms with van der Waals surface area (Å²) in [7, 11) is -2.18. The van der Waals surface area contributed by atoms with Gasteiger partial charge in [-0.25, -0.2) is 13.1 Å². The van der Waals surface area contributed by atoms with Crippen LogP contribution in [0, 0.1) is 11.3 Å². The molecule has 2 aromatic rings. The first-order valence-corrected chi connectivity index (χ1v) is 10.9. The molecule has 0 saturated carbocycles. The monoisotopic (exact) mass is 419 g/mol. The highest BCUT2D eigenvalue weighted by Gasteiger charge is 2.27. The van der Waals surface area contributed by atoms with Crippen LogP contribution in [0.25, 0.3) is 0 Å². The summed E-state index contributed by atoms with van der Waals surface area (Å²) in [6.07, 6.45) is 2.17. The van der Waals surface area contributed by atoms with Gasteiger partial charge in [0.15, 0.2) is 0 Å². The zero-order chi connectivity index (χ0) is 20.1. The third kappa shape index (κ3) is 4.47. The molecule has 0 spiro atoms. The predicted octanol–water partition coefficient (Wildman–Crippen LogP) is 3.34. The van der Waals surface area contributed by atoms with Crippen molar-refractivity contribution in [2.45, 2.75) is 23.8 Å². The van der Waals surface area contributed by atoms with E-state index in [0.29, 0.717) is 0 Å². The molecule has 8 heteroatoms. The number of nitrogens with zero attached hydrogens (tertiary/aromatic N) is 2. The van der Waals surface area contributed by atoms with Gasteiger partial charge in [0.1, 0.15) is 11.8 Å². The minimum absolute atomic E-state index is 0.0219. The summed E-state index contributed by atoms with van der Waals surface area (Å²) in [5.41, 5.74) is 1.08. The molecule has 2 aromatic carbocycles. The maximum atomic E-state index is 12.8. The third-order valence-corrected chi connectivity index (χ3v) is 6.67. The Morgan fingerprint density at radius 3 is 2.64 bits per heavy atom. The van der Waals surface area contributed by atoms with E-state index < -0.39 is 10.0 Å². The van der Waals surface area contributed by atoms with Crippen molar-refractivity contribution in [3.05, 3.63) is 58.6 Å². The van der Waals surface area contributed by atoms with Crippen molar-refractivity contribution in [3.63, 3.8) is 0 Å². The number of hydrogen-bond donors (Lipinski definition) is 1. The van der Waals surface area contributed by atoms with E-state index >= 15 is 0 Å². The summed E-state index contributed by atoms with van der Waals surface area (Å²) in [4.78, 5) is 2.29. The van der Waals surface area contributed by atoms with Crippen LogP contribution < -0.4 is 9.46 Å². The number of sulfonamides is 1. The van der Waals surface area contributed by atoms with Crippen molar-refractivity contribution >= 4 is 21.6 Å². The normalized spacial score (nSPS) is 15.9. The highest BCUT2D eigenvalue weighted by molar-refractivity contribution is 7.89. The number of halogens is 1. The SMILES string of the molecule is COc1ccccc1[C@@H](CNS(=O)(=O)c1ccc(Cl)c(C#N)c1)N1CCCC1. The minimum atomic E-state index is -3.79. The molecular formula is C20H22ClN3O3S. The Labute approximate surface area is 170 Å². The van der Waals surface area contributed by atoms with E-state index in [1.165, 1.54) is 18.2 Å². The average molecular weight is 420 g/mol. The number of para-hydroxylation sites is 1. The maximum Gasteiger partial charge on any atom is 0.240 e. The summed E-state index contributed by atoms with van der Waals surface area (Å²) < 4.78 is 33.8. The van der Waals surface area contributed by atoms with Gasteiger partial charge in [0.05, 0.1) is 28.6 Å². The predicted molar refractivity (Wildman–Crippen MR) is 108 cm³/mol. The largest absolute Gasteiger partial charge is 0.496 e. The molecule has 1 fully saturated rings. The lowest BCUT2D eigenvalue weighted by molar-refractivity contribution is 0.240. The molecule has 1 heterocycles. The second kappa shape index (κ2) is 8.93. The second-order valence-electron chi connectivity index (χ2n) is 6.61. The molecule has 1 aliphatic rings. The molecule has 1 saturated heterocycles. The van der Waals surface area contributed by atoms with Gasteiger partial charge in [-0.1, -0.05) is 29.8 Å². The van der Waals surface area contributed by atoms with Crippen molar-refractivity contribution in [1.82, 2.24) is 9.62 Å². The van der Waals surface area contributed by atoms with Crippen LogP contribution in [0.3, 0.4) is 0 Å². The molecule has 3 rings (SSSR count). The molecule has 148 valence electrons. The lowest BCUT2D eigenvalue weighted by Gasteiger charge is -2.29. The first kappa shape index (κ1) is 20.6. The van der Waals surface area contributed by atoms with Gasteiger partial charge >= 0.3 is 0 Å². The van der Waals surface area contributed by atoms with Crippen molar-refractivity contribution in [1.29, 1.82) is 5.26 Å². The number of ether oxygens (including phenoxy) is 1. The number of rotatable bonds is 7. The highest BCUT2D eigenvalue weighted by Crippen LogP contribution is 2.31. The van der Waals surface area contributed by atoms with E-state index in [1.54, 1.807) is 7.11 Å². The summed E-state index contributed by atoms with van der Waals surface area (Å²) in [6, 6.07) is 13.5. The van der Waals surface area contributed by atoms with E-state index in [9.17, 15) is 8.42 Å². The van der Waals surface area contributed by atoms with Gasteiger partial charge in [-0.05, 0) is 50.2 Å². The molecule has 0 unspecified atom stereocenters. The Kier molecular flexibility index (Phi) is 6.57. The minimum Gasteiger partial charge on any atom is -0.496 e. The number of hydrogen-bond acceptors (Lipinski definition) is 5. The lowest BCUT2D eigenvalue weighted by Crippen LogP contribution is -2.37. The number of nitriles is 1. The van der Waals surface area contributed by atoms with Crippen LogP contribution in [-0.2, 0) is 10.0 Å². The lowest BCUT2D eigenvalue weighted by atomic mass is 10.0. The zero-order valence-corrected chi connectivity index (χ0v) is 17.1. The van der Waals surface area contributed by atoms with Crippen LogP contribution >= 0.6 is 11.6 Å². The van der Waals surface area contributed by atoms with Gasteiger partial charge < -0.3 is 4.74 Å². The van der Waals surface area contributed by atoms with E-state index in [2.05, 4.69) is 9.62 Å². The Balaban J connectivity index is 1.86. The van der Waals surface area contributed by atoms with Crippen LogP contribution in [0.5, 0.6) is 5.75 Å². The summed E-state index contributed by atoms with van der Waals surface area (Å²) in [5, 5.41) is 9.33. The smallest absolute Gasteiger partial charge is 0.240 e. The van der Waals surface area contributed by atoms with Gasteiger partial charge in [0.25, 0.3) is 0 Å². The molecule has 0 radical (unpaired) electrons. The number of benzene rings is 2. The molecule has 1 atom stereocenters. The Bertz CT molecular complexity index is 982. The average Bonchev–Trinajstić information content (AvgIpc) is 3.23. The van der Waals surface area contributed by atoms with E-state index in [1.807, 2.05) is 30.3 Å². The topological polar surface area (TPSA) is 82.4 Å². The summed E-state index contributed by atoms with van der Waals surface area (Å²) in [6.45, 7) is 2.02. The number of nitrogens with one attached hydrogen (secondary N) is 1. The van der Waals surface area contributed by atoms with Crippen molar-refractivity contribution in [2.24, 2.45) is 0 Å². The van der Waals surface area contributed by atoms with Gasteiger partial charge in [-0.15, -0.1) is 0 Å². The Morgan fingerprint density at radius 2 is 1.96 bits per heavy atom. The standard InChI is InChI=1S/C20H22ClN3O3S/c1-27-20-7-3-2-6-17(20)19(24-10-4-5-11-24)14-23-28(25,26)16-8-9-18(21)15(12-16)13-22/h2-3,6-9,12,19,23H,4-5,10-11,14H2,1H3/t19-/m1/s1. The van der Waals surface area contributed by atoms with E-state index in [0.717, 1.165) is 37.2 Å². The second-order valence-corrected chi connectivity index (χ2v) is 8.78. The molecule has 6 nitrogen and oxygen atoms in total. The third-order valence-electron chi connectivity index (χ3n) is 4.91. The first-order chi connectivity index (χ1) is 13.5. The Morgan fingerprint density at radius 1 is 1.25 bits per heavy atom. The van der Waals surface area contributed by atoms with Crippen LogP contribution in [0.1, 0.15) is 30.0 Å².